The summed E-state index contributed by atoms with van der Waals surface area (Å²) in [6, 6.07) is 11.5. The number of hydrogen-bond acceptors (Lipinski definition) is 4. The number of benzene rings is 1. The number of aromatic nitrogens is 4. The van der Waals surface area contributed by atoms with Crippen molar-refractivity contribution in [2.24, 2.45) is 0 Å². The molecule has 26 heavy (non-hydrogen) atoms. The van der Waals surface area contributed by atoms with E-state index < -0.39 is 0 Å². The topological polar surface area (TPSA) is 49.3 Å². The quantitative estimate of drug-likeness (QED) is 0.694. The predicted molar refractivity (Wildman–Crippen MR) is 102 cm³/mol. The van der Waals surface area contributed by atoms with Crippen molar-refractivity contribution in [2.45, 2.75) is 6.67 Å². The van der Waals surface area contributed by atoms with E-state index in [1.807, 2.05) is 45.6 Å². The lowest BCUT2D eigenvalue weighted by molar-refractivity contribution is -0.930. The minimum absolute atomic E-state index is 0.665. The fourth-order valence-electron chi connectivity index (χ4n) is 3.05. The van der Waals surface area contributed by atoms with Crippen LogP contribution in [0.4, 0.5) is 0 Å². The van der Waals surface area contributed by atoms with Crippen molar-refractivity contribution in [3.8, 4) is 17.1 Å². The Hall–Kier alpha value is -2.06. The first-order valence-corrected chi connectivity index (χ1v) is 9.28. The van der Waals surface area contributed by atoms with Crippen LogP contribution in [0.2, 0.25) is 5.02 Å². The summed E-state index contributed by atoms with van der Waals surface area (Å²) in [6.45, 7) is 4.19. The largest absolute Gasteiger partial charge is 0.370 e. The molecule has 134 valence electrons. The number of pyridine rings is 1. The van der Waals surface area contributed by atoms with Gasteiger partial charge in [0.25, 0.3) is 0 Å². The van der Waals surface area contributed by atoms with Crippen molar-refractivity contribution < 1.29 is 9.64 Å². The van der Waals surface area contributed by atoms with Crippen LogP contribution in [0.5, 0.6) is 0 Å². The summed E-state index contributed by atoms with van der Waals surface area (Å²) in [5, 5.41) is 5.52. The third-order valence-corrected chi connectivity index (χ3v) is 5.08. The first-order valence-electron chi connectivity index (χ1n) is 8.50. The van der Waals surface area contributed by atoms with Crippen LogP contribution in [0.3, 0.4) is 0 Å². The van der Waals surface area contributed by atoms with Crippen LogP contribution in [0.25, 0.3) is 17.1 Å². The van der Waals surface area contributed by atoms with Gasteiger partial charge >= 0.3 is 0 Å². The first kappa shape index (κ1) is 17.4. The van der Waals surface area contributed by atoms with Gasteiger partial charge in [-0.3, -0.25) is 9.55 Å². The van der Waals surface area contributed by atoms with Crippen LogP contribution in [-0.2, 0) is 11.4 Å². The average molecular weight is 389 g/mol. The molecule has 1 saturated heterocycles. The van der Waals surface area contributed by atoms with E-state index in [1.54, 1.807) is 12.4 Å². The molecule has 1 aliphatic heterocycles. The van der Waals surface area contributed by atoms with Gasteiger partial charge in [0.2, 0.25) is 4.77 Å². The highest BCUT2D eigenvalue weighted by Gasteiger charge is 2.19. The van der Waals surface area contributed by atoms with Gasteiger partial charge in [-0.2, -0.15) is 4.68 Å². The van der Waals surface area contributed by atoms with Crippen molar-refractivity contribution in [1.82, 2.24) is 19.3 Å². The Morgan fingerprint density at radius 1 is 1.08 bits per heavy atom. The zero-order valence-electron chi connectivity index (χ0n) is 14.1. The summed E-state index contributed by atoms with van der Waals surface area (Å²) in [4.78, 5) is 5.51. The van der Waals surface area contributed by atoms with E-state index in [0.29, 0.717) is 9.79 Å². The van der Waals surface area contributed by atoms with Gasteiger partial charge in [-0.05, 0) is 48.6 Å². The molecule has 6 nitrogen and oxygen atoms in total. The van der Waals surface area contributed by atoms with Crippen molar-refractivity contribution >= 4 is 23.8 Å². The van der Waals surface area contributed by atoms with Gasteiger partial charge in [0.05, 0.1) is 18.9 Å². The average Bonchev–Trinajstić information content (AvgIpc) is 3.00. The maximum atomic E-state index is 6.05. The highest BCUT2D eigenvalue weighted by Crippen LogP contribution is 2.23. The molecular weight excluding hydrogens is 370 g/mol. The summed E-state index contributed by atoms with van der Waals surface area (Å²) in [5.41, 5.74) is 1.91. The van der Waals surface area contributed by atoms with Crippen LogP contribution in [0.15, 0.2) is 48.8 Å². The third kappa shape index (κ3) is 3.57. The maximum absolute atomic E-state index is 6.05. The van der Waals surface area contributed by atoms with Gasteiger partial charge in [-0.25, -0.2) is 0 Å². The Labute approximate surface area is 161 Å². The van der Waals surface area contributed by atoms with E-state index in [4.69, 9.17) is 33.7 Å². The minimum Gasteiger partial charge on any atom is -0.370 e. The van der Waals surface area contributed by atoms with Gasteiger partial charge in [0, 0.05) is 23.0 Å². The van der Waals surface area contributed by atoms with E-state index in [1.165, 1.54) is 4.90 Å². The number of nitrogens with one attached hydrogen (secondary N) is 1. The van der Waals surface area contributed by atoms with E-state index in [9.17, 15) is 0 Å². The number of nitrogens with zero attached hydrogens (tertiary/aromatic N) is 4. The lowest BCUT2D eigenvalue weighted by Crippen LogP contribution is -3.13. The highest BCUT2D eigenvalue weighted by molar-refractivity contribution is 7.71. The van der Waals surface area contributed by atoms with Crippen molar-refractivity contribution in [3.63, 3.8) is 0 Å². The van der Waals surface area contributed by atoms with Crippen molar-refractivity contribution in [2.75, 3.05) is 26.3 Å². The molecule has 2 aromatic heterocycles. The molecule has 3 aromatic rings. The molecule has 0 unspecified atom stereocenters. The number of morpholine rings is 1. The highest BCUT2D eigenvalue weighted by atomic mass is 35.5. The van der Waals surface area contributed by atoms with Crippen LogP contribution in [0.1, 0.15) is 0 Å². The van der Waals surface area contributed by atoms with E-state index in [-0.39, 0.29) is 0 Å². The summed E-state index contributed by atoms with van der Waals surface area (Å²) < 4.78 is 10.0. The van der Waals surface area contributed by atoms with Gasteiger partial charge < -0.3 is 9.64 Å². The second-order valence-electron chi connectivity index (χ2n) is 6.17. The SMILES string of the molecule is S=c1n(C[NH+]2CCOCC2)nc(-c2ccncc2)n1-c1ccc(Cl)cc1. The maximum Gasteiger partial charge on any atom is 0.207 e. The fourth-order valence-corrected chi connectivity index (χ4v) is 3.47. The standard InChI is InChI=1S/C18H18ClN5OS/c19-15-1-3-16(4-2-15)24-17(14-5-7-20-8-6-14)21-23(18(24)26)13-22-9-11-25-12-10-22/h1-8H,9-13H2/p+1. The zero-order valence-corrected chi connectivity index (χ0v) is 15.7. The second kappa shape index (κ2) is 7.67. The Bertz CT molecular complexity index is 932. The number of hydrogen-bond donors (Lipinski definition) is 1. The Kier molecular flexibility index (Phi) is 5.12. The molecule has 0 spiro atoms. The Balaban J connectivity index is 1.79. The Morgan fingerprint density at radius 2 is 1.77 bits per heavy atom. The van der Waals surface area contributed by atoms with Gasteiger partial charge in [-0.1, -0.05) is 11.6 Å². The molecule has 0 amide bonds. The summed E-state index contributed by atoms with van der Waals surface area (Å²) in [6.07, 6.45) is 3.52. The number of halogens is 1. The molecule has 1 N–H and O–H groups in total. The minimum atomic E-state index is 0.665. The van der Waals surface area contributed by atoms with Crippen LogP contribution < -0.4 is 4.90 Å². The lowest BCUT2D eigenvalue weighted by atomic mass is 10.2. The first-order chi connectivity index (χ1) is 12.7. The third-order valence-electron chi connectivity index (χ3n) is 4.44. The molecule has 0 saturated carbocycles. The second-order valence-corrected chi connectivity index (χ2v) is 6.98. The lowest BCUT2D eigenvalue weighted by Gasteiger charge is -2.23. The van der Waals surface area contributed by atoms with Gasteiger partial charge in [0.1, 0.15) is 13.1 Å². The summed E-state index contributed by atoms with van der Waals surface area (Å²) in [5.74, 6) is 0.799. The number of rotatable bonds is 4. The molecule has 8 heteroatoms. The van der Waals surface area contributed by atoms with Crippen molar-refractivity contribution in [1.29, 1.82) is 0 Å². The monoisotopic (exact) mass is 388 g/mol. The molecule has 4 rings (SSSR count). The fraction of sp³-hybridized carbons (Fsp3) is 0.278. The van der Waals surface area contributed by atoms with Gasteiger partial charge in [-0.15, -0.1) is 5.10 Å². The molecule has 0 bridgehead atoms. The van der Waals surface area contributed by atoms with Crippen LogP contribution >= 0.6 is 23.8 Å². The molecule has 1 aliphatic rings. The van der Waals surface area contributed by atoms with Crippen LogP contribution in [-0.4, -0.2) is 45.6 Å². The number of quaternary nitrogens is 1. The van der Waals surface area contributed by atoms with Crippen molar-refractivity contribution in [3.05, 3.63) is 58.6 Å². The molecule has 0 aliphatic carbocycles. The molecule has 1 aromatic carbocycles. The van der Waals surface area contributed by atoms with E-state index in [0.717, 1.165) is 50.0 Å². The Morgan fingerprint density at radius 3 is 2.46 bits per heavy atom. The van der Waals surface area contributed by atoms with Gasteiger partial charge in [0.15, 0.2) is 12.5 Å². The summed E-state index contributed by atoms with van der Waals surface area (Å²) >= 11 is 11.8. The normalized spacial score (nSPS) is 15.3. The molecule has 0 radical (unpaired) electrons. The summed E-state index contributed by atoms with van der Waals surface area (Å²) in [7, 11) is 0. The smallest absolute Gasteiger partial charge is 0.207 e. The molecule has 0 atom stereocenters. The predicted octanol–water partition coefficient (Wildman–Crippen LogP) is 1.99. The molecule has 1 fully saturated rings. The zero-order chi connectivity index (χ0) is 17.9. The number of ether oxygens (including phenoxy) is 1. The molecular formula is C18H19ClN5OS+. The van der Waals surface area contributed by atoms with Crippen LogP contribution in [0, 0.1) is 4.77 Å². The van der Waals surface area contributed by atoms with E-state index >= 15 is 0 Å². The van der Waals surface area contributed by atoms with E-state index in [2.05, 4.69) is 4.98 Å². The molecule has 3 heterocycles.